The lowest BCUT2D eigenvalue weighted by Crippen LogP contribution is -2.42. The number of rotatable bonds is 2. The van der Waals surface area contributed by atoms with E-state index in [0.717, 1.165) is 24.6 Å². The van der Waals surface area contributed by atoms with Gasteiger partial charge in [0.15, 0.2) is 0 Å². The van der Waals surface area contributed by atoms with Crippen molar-refractivity contribution in [2.45, 2.75) is 37.8 Å². The molecule has 4 heteroatoms. The van der Waals surface area contributed by atoms with Crippen molar-refractivity contribution >= 4 is 11.0 Å². The summed E-state index contributed by atoms with van der Waals surface area (Å²) in [5.41, 5.74) is 2.26. The number of piperidine rings is 1. The van der Waals surface area contributed by atoms with E-state index in [9.17, 15) is 0 Å². The summed E-state index contributed by atoms with van der Waals surface area (Å²) in [5.74, 6) is 1.17. The van der Waals surface area contributed by atoms with Crippen LogP contribution in [0.2, 0.25) is 0 Å². The summed E-state index contributed by atoms with van der Waals surface area (Å²) < 4.78 is 0. The van der Waals surface area contributed by atoms with Gasteiger partial charge in [-0.05, 0) is 57.5 Å². The van der Waals surface area contributed by atoms with Gasteiger partial charge in [0.25, 0.3) is 0 Å². The minimum atomic E-state index is 0.491. The minimum absolute atomic E-state index is 0.491. The Labute approximate surface area is 119 Å². The minimum Gasteiger partial charge on any atom is -0.341 e. The molecular weight excluding hydrogens is 248 g/mol. The zero-order chi connectivity index (χ0) is 13.4. The van der Waals surface area contributed by atoms with Gasteiger partial charge < -0.3 is 10.3 Å². The fraction of sp³-hybridized carbons (Fsp3) is 0.562. The second kappa shape index (κ2) is 5.19. The van der Waals surface area contributed by atoms with Gasteiger partial charge in [0.2, 0.25) is 0 Å². The lowest BCUT2D eigenvalue weighted by Gasteiger charge is -2.35. The number of aromatic nitrogens is 2. The van der Waals surface area contributed by atoms with Gasteiger partial charge in [0, 0.05) is 6.04 Å². The Morgan fingerprint density at radius 2 is 1.95 bits per heavy atom. The zero-order valence-electron chi connectivity index (χ0n) is 11.8. The van der Waals surface area contributed by atoms with Crippen LogP contribution in [0.5, 0.6) is 0 Å². The molecule has 1 aromatic heterocycles. The molecule has 2 aliphatic rings. The third kappa shape index (κ3) is 2.13. The topological polar surface area (TPSA) is 44.0 Å². The van der Waals surface area contributed by atoms with Crippen LogP contribution in [0.25, 0.3) is 11.0 Å². The van der Waals surface area contributed by atoms with E-state index in [1.165, 1.54) is 43.6 Å². The molecule has 0 radical (unpaired) electrons. The van der Waals surface area contributed by atoms with Crippen molar-refractivity contribution in [1.29, 1.82) is 0 Å². The van der Waals surface area contributed by atoms with Gasteiger partial charge in [-0.2, -0.15) is 0 Å². The average Bonchev–Trinajstić information content (AvgIpc) is 3.14. The van der Waals surface area contributed by atoms with Gasteiger partial charge in [-0.1, -0.05) is 12.1 Å². The molecule has 0 amide bonds. The molecule has 20 heavy (non-hydrogen) atoms. The Balaban J connectivity index is 1.62. The van der Waals surface area contributed by atoms with Gasteiger partial charge in [-0.15, -0.1) is 0 Å². The van der Waals surface area contributed by atoms with Crippen LogP contribution >= 0.6 is 0 Å². The number of likely N-dealkylation sites (tertiary alicyclic amines) is 1. The van der Waals surface area contributed by atoms with Gasteiger partial charge in [0.05, 0.1) is 17.1 Å². The normalized spacial score (nSPS) is 25.5. The van der Waals surface area contributed by atoms with Crippen LogP contribution in [-0.2, 0) is 0 Å². The summed E-state index contributed by atoms with van der Waals surface area (Å²) in [4.78, 5) is 11.1. The smallest absolute Gasteiger partial charge is 0.124 e. The van der Waals surface area contributed by atoms with Crippen molar-refractivity contribution in [3.05, 3.63) is 30.1 Å². The summed E-state index contributed by atoms with van der Waals surface area (Å²) in [5, 5.41) is 3.46. The molecule has 0 bridgehead atoms. The third-order valence-corrected chi connectivity index (χ3v) is 4.80. The molecule has 0 saturated carbocycles. The molecule has 2 saturated heterocycles. The number of fused-ring (bicyclic) bond motifs is 1. The standard InChI is InChI=1S/C16H22N4/c1-2-5-14-13(4-1)18-16(19-14)15-6-3-11-20(15)12-7-9-17-10-8-12/h1-2,4-5,12,15,17H,3,6-11H2,(H,18,19). The Kier molecular flexibility index (Phi) is 3.20. The van der Waals surface area contributed by atoms with E-state index in [-0.39, 0.29) is 0 Å². The highest BCUT2D eigenvalue weighted by Gasteiger charge is 2.33. The van der Waals surface area contributed by atoms with E-state index >= 15 is 0 Å². The maximum atomic E-state index is 4.83. The predicted molar refractivity (Wildman–Crippen MR) is 80.7 cm³/mol. The largest absolute Gasteiger partial charge is 0.341 e. The molecule has 2 aliphatic heterocycles. The molecule has 1 unspecified atom stereocenters. The zero-order valence-corrected chi connectivity index (χ0v) is 11.8. The maximum Gasteiger partial charge on any atom is 0.124 e. The van der Waals surface area contributed by atoms with Crippen LogP contribution in [0.1, 0.15) is 37.5 Å². The van der Waals surface area contributed by atoms with E-state index in [2.05, 4.69) is 39.5 Å². The number of nitrogens with zero attached hydrogens (tertiary/aromatic N) is 2. The first-order valence-electron chi connectivity index (χ1n) is 7.83. The molecule has 0 aliphatic carbocycles. The van der Waals surface area contributed by atoms with Crippen LogP contribution in [-0.4, -0.2) is 40.5 Å². The summed E-state index contributed by atoms with van der Waals surface area (Å²) in [7, 11) is 0. The monoisotopic (exact) mass is 270 g/mol. The van der Waals surface area contributed by atoms with E-state index < -0.39 is 0 Å². The molecule has 3 heterocycles. The Morgan fingerprint density at radius 3 is 2.80 bits per heavy atom. The highest BCUT2D eigenvalue weighted by atomic mass is 15.2. The Bertz CT molecular complexity index is 552. The van der Waals surface area contributed by atoms with Crippen molar-refractivity contribution in [3.63, 3.8) is 0 Å². The first kappa shape index (κ1) is 12.4. The van der Waals surface area contributed by atoms with Crippen molar-refractivity contribution < 1.29 is 0 Å². The number of hydrogen-bond acceptors (Lipinski definition) is 3. The van der Waals surface area contributed by atoms with Crippen LogP contribution in [0.15, 0.2) is 24.3 Å². The molecule has 4 nitrogen and oxygen atoms in total. The van der Waals surface area contributed by atoms with Crippen LogP contribution in [0.3, 0.4) is 0 Å². The third-order valence-electron chi connectivity index (χ3n) is 4.80. The van der Waals surface area contributed by atoms with Gasteiger partial charge in [0.1, 0.15) is 5.82 Å². The second-order valence-electron chi connectivity index (χ2n) is 6.02. The van der Waals surface area contributed by atoms with Gasteiger partial charge in [-0.3, -0.25) is 4.90 Å². The van der Waals surface area contributed by atoms with Crippen molar-refractivity contribution in [2.75, 3.05) is 19.6 Å². The quantitative estimate of drug-likeness (QED) is 0.881. The molecule has 2 fully saturated rings. The highest BCUT2D eigenvalue weighted by Crippen LogP contribution is 2.34. The molecule has 0 spiro atoms. The number of aromatic amines is 1. The number of para-hydroxylation sites is 2. The molecule has 2 N–H and O–H groups in total. The number of H-pyrrole nitrogens is 1. The first-order chi connectivity index (χ1) is 9.92. The van der Waals surface area contributed by atoms with Crippen LogP contribution < -0.4 is 5.32 Å². The van der Waals surface area contributed by atoms with Crippen LogP contribution in [0, 0.1) is 0 Å². The van der Waals surface area contributed by atoms with E-state index in [4.69, 9.17) is 4.98 Å². The maximum absolute atomic E-state index is 4.83. The Morgan fingerprint density at radius 1 is 1.10 bits per heavy atom. The molecule has 1 aromatic carbocycles. The van der Waals surface area contributed by atoms with E-state index in [1.54, 1.807) is 0 Å². The average molecular weight is 270 g/mol. The summed E-state index contributed by atoms with van der Waals surface area (Å²) in [6, 6.07) is 9.58. The number of hydrogen-bond donors (Lipinski definition) is 2. The van der Waals surface area contributed by atoms with Gasteiger partial charge in [-0.25, -0.2) is 4.98 Å². The summed E-state index contributed by atoms with van der Waals surface area (Å²) in [6.45, 7) is 3.55. The number of nitrogens with one attached hydrogen (secondary N) is 2. The Hall–Kier alpha value is -1.39. The van der Waals surface area contributed by atoms with E-state index in [1.807, 2.05) is 0 Å². The lowest BCUT2D eigenvalue weighted by molar-refractivity contribution is 0.144. The van der Waals surface area contributed by atoms with Crippen molar-refractivity contribution in [3.8, 4) is 0 Å². The summed E-state index contributed by atoms with van der Waals surface area (Å²) in [6.07, 6.45) is 5.09. The second-order valence-corrected chi connectivity index (χ2v) is 6.02. The molecule has 1 atom stereocenters. The number of benzene rings is 1. The predicted octanol–water partition coefficient (Wildman–Crippen LogP) is 2.45. The summed E-state index contributed by atoms with van der Waals surface area (Å²) >= 11 is 0. The number of imidazole rings is 1. The van der Waals surface area contributed by atoms with Crippen molar-refractivity contribution in [2.24, 2.45) is 0 Å². The highest BCUT2D eigenvalue weighted by molar-refractivity contribution is 5.74. The molecule has 2 aromatic rings. The fourth-order valence-electron chi connectivity index (χ4n) is 3.79. The fourth-order valence-corrected chi connectivity index (χ4v) is 3.79. The molecule has 106 valence electrons. The van der Waals surface area contributed by atoms with E-state index in [0.29, 0.717) is 6.04 Å². The molecule has 4 rings (SSSR count). The SMILES string of the molecule is c1ccc2[nH]c(C3CCCN3C3CCNCC3)nc2c1. The molecular formula is C16H22N4. The lowest BCUT2D eigenvalue weighted by atomic mass is 10.0. The van der Waals surface area contributed by atoms with Crippen molar-refractivity contribution in [1.82, 2.24) is 20.2 Å². The van der Waals surface area contributed by atoms with Crippen LogP contribution in [0.4, 0.5) is 0 Å². The first-order valence-corrected chi connectivity index (χ1v) is 7.83. The van der Waals surface area contributed by atoms with Gasteiger partial charge >= 0.3 is 0 Å².